The van der Waals surface area contributed by atoms with Crippen LogP contribution < -0.4 is 5.73 Å². The number of nitrogens with two attached hydrogens (primary N) is 1. The first kappa shape index (κ1) is 23.5. The summed E-state index contributed by atoms with van der Waals surface area (Å²) >= 11 is 0. The van der Waals surface area contributed by atoms with Crippen LogP contribution in [0.3, 0.4) is 0 Å². The molecule has 2 heteroatoms. The molecule has 0 saturated carbocycles. The first-order valence-electron chi connectivity index (χ1n) is 9.89. The molecule has 0 spiro atoms. The lowest BCUT2D eigenvalue weighted by Crippen LogP contribution is -2.39. The molecule has 0 radical (unpaired) electrons. The molecule has 1 aromatic carbocycles. The maximum Gasteiger partial charge on any atom is 0.0166 e. The molecule has 140 valence electrons. The highest BCUT2D eigenvalue weighted by molar-refractivity contribution is 5.85. The predicted octanol–water partition coefficient (Wildman–Crippen LogP) is 7.24. The molecular formula is C22H40ClN. The predicted molar refractivity (Wildman–Crippen MR) is 111 cm³/mol. The lowest BCUT2D eigenvalue weighted by Gasteiger charge is -2.31. The van der Waals surface area contributed by atoms with Crippen LogP contribution in [0, 0.1) is 0 Å². The second kappa shape index (κ2) is 13.7. The van der Waals surface area contributed by atoms with E-state index in [0.29, 0.717) is 5.92 Å². The molecule has 1 atom stereocenters. The van der Waals surface area contributed by atoms with Crippen molar-refractivity contribution in [1.82, 2.24) is 0 Å². The van der Waals surface area contributed by atoms with Crippen LogP contribution in [0.5, 0.6) is 0 Å². The van der Waals surface area contributed by atoms with Gasteiger partial charge in [0.05, 0.1) is 0 Å². The number of unbranched alkanes of at least 4 members (excludes halogenated alkanes) is 9. The average molecular weight is 354 g/mol. The van der Waals surface area contributed by atoms with Gasteiger partial charge in [0.25, 0.3) is 0 Å². The highest BCUT2D eigenvalue weighted by Gasteiger charge is 2.25. The Bertz CT molecular complexity index is 383. The monoisotopic (exact) mass is 353 g/mol. The Hall–Kier alpha value is -0.530. The van der Waals surface area contributed by atoms with Gasteiger partial charge in [0, 0.05) is 11.5 Å². The lowest BCUT2D eigenvalue weighted by molar-refractivity contribution is 0.376. The van der Waals surface area contributed by atoms with Crippen molar-refractivity contribution in [3.05, 3.63) is 35.9 Å². The Labute approximate surface area is 157 Å². The van der Waals surface area contributed by atoms with E-state index in [4.69, 9.17) is 5.73 Å². The van der Waals surface area contributed by atoms with Gasteiger partial charge in [0.2, 0.25) is 0 Å². The van der Waals surface area contributed by atoms with E-state index in [-0.39, 0.29) is 17.9 Å². The molecule has 0 aliphatic heterocycles. The Morgan fingerprint density at radius 2 is 1.25 bits per heavy atom. The zero-order valence-electron chi connectivity index (χ0n) is 16.2. The van der Waals surface area contributed by atoms with Crippen LogP contribution in [0.2, 0.25) is 0 Å². The summed E-state index contributed by atoms with van der Waals surface area (Å²) < 4.78 is 0. The van der Waals surface area contributed by atoms with Gasteiger partial charge < -0.3 is 5.73 Å². The fraction of sp³-hybridized carbons (Fsp3) is 0.727. The number of halogens is 1. The molecule has 0 aliphatic carbocycles. The van der Waals surface area contributed by atoms with Crippen molar-refractivity contribution < 1.29 is 0 Å². The second-order valence-electron chi connectivity index (χ2n) is 7.76. The minimum atomic E-state index is -0.138. The maximum absolute atomic E-state index is 6.43. The topological polar surface area (TPSA) is 26.0 Å². The van der Waals surface area contributed by atoms with Crippen molar-refractivity contribution in [1.29, 1.82) is 0 Å². The highest BCUT2D eigenvalue weighted by atomic mass is 35.5. The summed E-state index contributed by atoms with van der Waals surface area (Å²) in [5.74, 6) is 0.470. The van der Waals surface area contributed by atoms with Crippen LogP contribution in [0.25, 0.3) is 0 Å². The Morgan fingerprint density at radius 1 is 0.792 bits per heavy atom. The highest BCUT2D eigenvalue weighted by Crippen LogP contribution is 2.31. The molecule has 2 N–H and O–H groups in total. The molecule has 1 aromatic rings. The summed E-state index contributed by atoms with van der Waals surface area (Å²) in [5, 5.41) is 0. The van der Waals surface area contributed by atoms with Gasteiger partial charge in [0.1, 0.15) is 0 Å². The summed E-state index contributed by atoms with van der Waals surface area (Å²) in [4.78, 5) is 0. The number of benzene rings is 1. The summed E-state index contributed by atoms with van der Waals surface area (Å²) in [7, 11) is 0. The van der Waals surface area contributed by atoms with Crippen LogP contribution in [0.4, 0.5) is 0 Å². The van der Waals surface area contributed by atoms with E-state index in [2.05, 4.69) is 51.1 Å². The molecular weight excluding hydrogens is 314 g/mol. The van der Waals surface area contributed by atoms with Crippen LogP contribution in [0.15, 0.2) is 30.3 Å². The summed E-state index contributed by atoms with van der Waals surface area (Å²) in [6, 6.07) is 10.8. The maximum atomic E-state index is 6.43. The third-order valence-corrected chi connectivity index (χ3v) is 4.95. The Kier molecular flexibility index (Phi) is 13.4. The normalized spacial score (nSPS) is 12.7. The van der Waals surface area contributed by atoms with Gasteiger partial charge in [-0.25, -0.2) is 0 Å². The van der Waals surface area contributed by atoms with Crippen molar-refractivity contribution in [3.63, 3.8) is 0 Å². The first-order valence-corrected chi connectivity index (χ1v) is 9.89. The fourth-order valence-corrected chi connectivity index (χ4v) is 3.49. The van der Waals surface area contributed by atoms with E-state index in [1.54, 1.807) is 0 Å². The standard InChI is InChI=1S/C22H39N.ClH/c1-4-5-6-7-8-9-10-11-12-16-19-21(22(2,3)23)20-17-14-13-15-18-20;/h13-15,17-18,21H,4-12,16,19,23H2,1-3H3;1H. The van der Waals surface area contributed by atoms with Gasteiger partial charge in [-0.2, -0.15) is 0 Å². The molecule has 0 heterocycles. The number of rotatable bonds is 13. The Morgan fingerprint density at radius 3 is 1.71 bits per heavy atom. The van der Waals surface area contributed by atoms with E-state index < -0.39 is 0 Å². The molecule has 0 bridgehead atoms. The summed E-state index contributed by atoms with van der Waals surface area (Å²) in [6.45, 7) is 6.62. The van der Waals surface area contributed by atoms with E-state index >= 15 is 0 Å². The van der Waals surface area contributed by atoms with Gasteiger partial charge in [0.15, 0.2) is 0 Å². The molecule has 1 nitrogen and oxygen atoms in total. The second-order valence-corrected chi connectivity index (χ2v) is 7.76. The molecule has 0 amide bonds. The van der Waals surface area contributed by atoms with Gasteiger partial charge in [-0.1, -0.05) is 101 Å². The van der Waals surface area contributed by atoms with Crippen molar-refractivity contribution in [3.8, 4) is 0 Å². The molecule has 0 fully saturated rings. The lowest BCUT2D eigenvalue weighted by atomic mass is 9.79. The number of hydrogen-bond acceptors (Lipinski definition) is 1. The molecule has 0 aliphatic rings. The van der Waals surface area contributed by atoms with Crippen LogP contribution in [-0.4, -0.2) is 5.54 Å². The van der Waals surface area contributed by atoms with E-state index in [9.17, 15) is 0 Å². The summed E-state index contributed by atoms with van der Waals surface area (Å²) in [6.07, 6.45) is 15.2. The van der Waals surface area contributed by atoms with Gasteiger partial charge >= 0.3 is 0 Å². The minimum Gasteiger partial charge on any atom is -0.325 e. The largest absolute Gasteiger partial charge is 0.325 e. The smallest absolute Gasteiger partial charge is 0.0166 e. The van der Waals surface area contributed by atoms with Crippen molar-refractivity contribution in [2.45, 2.75) is 103 Å². The third kappa shape index (κ3) is 10.4. The van der Waals surface area contributed by atoms with Gasteiger partial charge in [-0.15, -0.1) is 12.4 Å². The van der Waals surface area contributed by atoms with E-state index in [1.807, 2.05) is 0 Å². The average Bonchev–Trinajstić information content (AvgIpc) is 2.52. The quantitative estimate of drug-likeness (QED) is 0.371. The van der Waals surface area contributed by atoms with Crippen LogP contribution in [0.1, 0.15) is 103 Å². The summed E-state index contributed by atoms with van der Waals surface area (Å²) in [5.41, 5.74) is 7.69. The first-order chi connectivity index (χ1) is 11.1. The molecule has 1 unspecified atom stereocenters. The van der Waals surface area contributed by atoms with Crippen LogP contribution in [-0.2, 0) is 0 Å². The molecule has 24 heavy (non-hydrogen) atoms. The zero-order chi connectivity index (χ0) is 17.0. The van der Waals surface area contributed by atoms with Gasteiger partial charge in [-0.05, 0) is 25.8 Å². The van der Waals surface area contributed by atoms with Crippen molar-refractivity contribution >= 4 is 12.4 Å². The molecule has 0 aromatic heterocycles. The van der Waals surface area contributed by atoms with Crippen molar-refractivity contribution in [2.75, 3.05) is 0 Å². The van der Waals surface area contributed by atoms with E-state index in [1.165, 1.54) is 76.2 Å². The van der Waals surface area contributed by atoms with E-state index in [0.717, 1.165) is 0 Å². The Balaban J connectivity index is 0.00000529. The SMILES string of the molecule is CCCCCCCCCCCCC(c1ccccc1)C(C)(C)N.Cl. The van der Waals surface area contributed by atoms with Crippen LogP contribution >= 0.6 is 12.4 Å². The molecule has 0 saturated heterocycles. The number of hydrogen-bond donors (Lipinski definition) is 1. The van der Waals surface area contributed by atoms with Gasteiger partial charge in [-0.3, -0.25) is 0 Å². The zero-order valence-corrected chi connectivity index (χ0v) is 17.0. The molecule has 1 rings (SSSR count). The minimum absolute atomic E-state index is 0. The third-order valence-electron chi connectivity index (χ3n) is 4.95. The fourth-order valence-electron chi connectivity index (χ4n) is 3.49. The van der Waals surface area contributed by atoms with Crippen molar-refractivity contribution in [2.24, 2.45) is 5.73 Å².